The van der Waals surface area contributed by atoms with Gasteiger partial charge in [0.15, 0.2) is 0 Å². The molecule has 0 N–H and O–H groups in total. The van der Waals surface area contributed by atoms with Crippen molar-refractivity contribution in [3.05, 3.63) is 0 Å². The topological polar surface area (TPSA) is 0 Å². The van der Waals surface area contributed by atoms with E-state index in [9.17, 15) is 0 Å². The van der Waals surface area contributed by atoms with Crippen LogP contribution in [-0.2, 0) is 17.9 Å². The van der Waals surface area contributed by atoms with Crippen molar-refractivity contribution in [2.24, 2.45) is 0 Å². The van der Waals surface area contributed by atoms with Gasteiger partial charge in [0.25, 0.3) is 0 Å². The Hall–Kier alpha value is 0.714. The molecular weight excluding hydrogens is 144 g/mol. The SMILES string of the molecule is [CH3][Ti]([CH3])[CH]1CCCCC1. The molecule has 0 nitrogen and oxygen atoms in total. The Morgan fingerprint density at radius 3 is 1.89 bits per heavy atom. The maximum atomic E-state index is 2.52. The Morgan fingerprint density at radius 2 is 1.56 bits per heavy atom. The summed E-state index contributed by atoms with van der Waals surface area (Å²) in [7, 11) is 0. The number of hydrogen-bond donors (Lipinski definition) is 0. The number of hydrogen-bond acceptors (Lipinski definition) is 0. The molecule has 0 heterocycles. The van der Waals surface area contributed by atoms with E-state index in [1.807, 2.05) is 0 Å². The van der Waals surface area contributed by atoms with Crippen LogP contribution in [0.3, 0.4) is 0 Å². The fourth-order valence-electron chi connectivity index (χ4n) is 1.68. The van der Waals surface area contributed by atoms with Gasteiger partial charge in [0.2, 0.25) is 0 Å². The molecule has 0 aliphatic heterocycles. The molecule has 9 heavy (non-hydrogen) atoms. The van der Waals surface area contributed by atoms with Gasteiger partial charge < -0.3 is 0 Å². The maximum absolute atomic E-state index is 2.52. The Balaban J connectivity index is 2.23. The second kappa shape index (κ2) is 3.78. The summed E-state index contributed by atoms with van der Waals surface area (Å²) >= 11 is -0.489. The molecule has 0 bridgehead atoms. The van der Waals surface area contributed by atoms with Crippen molar-refractivity contribution in [1.82, 2.24) is 0 Å². The first-order valence-corrected chi connectivity index (χ1v) is 8.13. The zero-order valence-electron chi connectivity index (χ0n) is 6.61. The molecule has 1 saturated carbocycles. The Kier molecular flexibility index (Phi) is 3.28. The molecule has 0 aromatic heterocycles. The van der Waals surface area contributed by atoms with E-state index in [-0.39, 0.29) is 0 Å². The van der Waals surface area contributed by atoms with Gasteiger partial charge >= 0.3 is 64.7 Å². The summed E-state index contributed by atoms with van der Waals surface area (Å²) in [4.78, 5) is 0. The van der Waals surface area contributed by atoms with Crippen LogP contribution in [0.25, 0.3) is 0 Å². The Labute approximate surface area is 64.9 Å². The summed E-state index contributed by atoms with van der Waals surface area (Å²) in [6, 6.07) is 0. The summed E-state index contributed by atoms with van der Waals surface area (Å²) in [5.74, 6) is 0. The van der Waals surface area contributed by atoms with E-state index >= 15 is 0 Å². The molecule has 0 radical (unpaired) electrons. The summed E-state index contributed by atoms with van der Waals surface area (Å²) in [6.07, 6.45) is 7.72. The van der Waals surface area contributed by atoms with Crippen molar-refractivity contribution in [2.45, 2.75) is 46.8 Å². The molecule has 0 aromatic carbocycles. The third-order valence-corrected chi connectivity index (χ3v) is 5.87. The van der Waals surface area contributed by atoms with Crippen LogP contribution in [0.2, 0.25) is 14.7 Å². The van der Waals surface area contributed by atoms with E-state index in [0.29, 0.717) is 0 Å². The van der Waals surface area contributed by atoms with E-state index in [4.69, 9.17) is 0 Å². The van der Waals surface area contributed by atoms with Crippen LogP contribution in [0.5, 0.6) is 0 Å². The van der Waals surface area contributed by atoms with Crippen molar-refractivity contribution in [1.29, 1.82) is 0 Å². The van der Waals surface area contributed by atoms with Gasteiger partial charge in [-0.15, -0.1) is 0 Å². The minimum absolute atomic E-state index is 0.489. The molecule has 0 saturated heterocycles. The van der Waals surface area contributed by atoms with Crippen LogP contribution in [0.1, 0.15) is 32.1 Å². The zero-order valence-corrected chi connectivity index (χ0v) is 8.17. The molecule has 0 amide bonds. The van der Waals surface area contributed by atoms with Crippen molar-refractivity contribution < 1.29 is 17.9 Å². The van der Waals surface area contributed by atoms with Crippen LogP contribution in [0.15, 0.2) is 0 Å². The molecule has 53 valence electrons. The van der Waals surface area contributed by atoms with Crippen molar-refractivity contribution in [2.75, 3.05) is 0 Å². The standard InChI is InChI=1S/C6H11.2CH3.Ti/c1-2-4-6-5-3-1;;;/h1H,2-6H2;2*1H3;. The molecule has 1 fully saturated rings. The molecule has 1 aliphatic rings. The fourth-order valence-corrected chi connectivity index (χ4v) is 4.12. The molecule has 0 atom stereocenters. The fraction of sp³-hybridized carbons (Fsp3) is 1.00. The van der Waals surface area contributed by atoms with Crippen LogP contribution in [0, 0.1) is 0 Å². The van der Waals surface area contributed by atoms with Gasteiger partial charge in [0.05, 0.1) is 0 Å². The van der Waals surface area contributed by atoms with Crippen molar-refractivity contribution in [3.63, 3.8) is 0 Å². The molecule has 1 aliphatic carbocycles. The third kappa shape index (κ3) is 2.43. The minimum atomic E-state index is -0.489. The second-order valence-electron chi connectivity index (χ2n) is 3.41. The van der Waals surface area contributed by atoms with Crippen LogP contribution in [0.4, 0.5) is 0 Å². The first kappa shape index (κ1) is 7.82. The van der Waals surface area contributed by atoms with Crippen LogP contribution >= 0.6 is 0 Å². The second-order valence-corrected chi connectivity index (χ2v) is 8.05. The van der Waals surface area contributed by atoms with Gasteiger partial charge in [-0.1, -0.05) is 0 Å². The van der Waals surface area contributed by atoms with Gasteiger partial charge in [-0.3, -0.25) is 0 Å². The molecular formula is C8H17Ti. The van der Waals surface area contributed by atoms with E-state index in [0.717, 1.165) is 0 Å². The van der Waals surface area contributed by atoms with Crippen molar-refractivity contribution in [3.8, 4) is 0 Å². The third-order valence-electron chi connectivity index (χ3n) is 2.42. The van der Waals surface area contributed by atoms with Crippen molar-refractivity contribution >= 4 is 0 Å². The normalized spacial score (nSPS) is 22.0. The monoisotopic (exact) mass is 161 g/mol. The summed E-state index contributed by atoms with van der Waals surface area (Å²) in [6.45, 7) is 0. The summed E-state index contributed by atoms with van der Waals surface area (Å²) in [5, 5.41) is 5.05. The molecule has 0 aromatic rings. The van der Waals surface area contributed by atoms with E-state index in [1.165, 1.54) is 23.5 Å². The van der Waals surface area contributed by atoms with E-state index in [2.05, 4.69) is 10.5 Å². The summed E-state index contributed by atoms with van der Waals surface area (Å²) < 4.78 is 1.22. The number of rotatable bonds is 1. The average molecular weight is 161 g/mol. The predicted molar refractivity (Wildman–Crippen MR) is 38.6 cm³/mol. The molecule has 0 spiro atoms. The van der Waals surface area contributed by atoms with Gasteiger partial charge in [0, 0.05) is 0 Å². The molecule has 0 unspecified atom stereocenters. The van der Waals surface area contributed by atoms with Gasteiger partial charge in [-0.2, -0.15) is 0 Å². The molecule has 1 rings (SSSR count). The molecule has 1 heteroatoms. The van der Waals surface area contributed by atoms with Gasteiger partial charge in [-0.05, 0) is 0 Å². The Morgan fingerprint density at radius 1 is 1.00 bits per heavy atom. The van der Waals surface area contributed by atoms with Crippen LogP contribution in [-0.4, -0.2) is 0 Å². The van der Waals surface area contributed by atoms with Gasteiger partial charge in [0.1, 0.15) is 0 Å². The first-order valence-electron chi connectivity index (χ1n) is 4.11. The zero-order chi connectivity index (χ0) is 6.69. The van der Waals surface area contributed by atoms with E-state index < -0.39 is 17.9 Å². The average Bonchev–Trinajstić information content (AvgIpc) is 1.90. The predicted octanol–water partition coefficient (Wildman–Crippen LogP) is 3.45. The first-order chi connectivity index (χ1) is 4.30. The van der Waals surface area contributed by atoms with E-state index in [1.54, 1.807) is 12.8 Å². The quantitative estimate of drug-likeness (QED) is 0.516. The Bertz CT molecular complexity index is 72.6. The van der Waals surface area contributed by atoms with Gasteiger partial charge in [-0.25, -0.2) is 0 Å². The van der Waals surface area contributed by atoms with Crippen LogP contribution < -0.4 is 0 Å². The summed E-state index contributed by atoms with van der Waals surface area (Å²) in [5.41, 5.74) is 0.